The molecule has 4 heteroatoms. The molecule has 0 aliphatic rings. The Balaban J connectivity index is 3.24. The molecule has 1 N–H and O–H groups in total. The minimum Gasteiger partial charge on any atom is -0.493 e. The molecule has 14 heavy (non-hydrogen) atoms. The van der Waals surface area contributed by atoms with Crippen LogP contribution in [-0.2, 0) is 0 Å². The Bertz CT molecular complexity index is 328. The topological polar surface area (TPSA) is 29.5 Å². The van der Waals surface area contributed by atoms with E-state index in [1.165, 1.54) is 13.2 Å². The largest absolute Gasteiger partial charge is 0.493 e. The molecule has 1 aromatic rings. The van der Waals surface area contributed by atoms with Crippen molar-refractivity contribution in [2.24, 2.45) is 0 Å². The molecule has 0 radical (unpaired) electrons. The van der Waals surface area contributed by atoms with E-state index in [1.807, 2.05) is 6.92 Å². The standard InChI is InChI=1S/C10H12BrFO2/c1-6(5-13)8-3-7(11)4-9(12)10(8)14-2/h3-4,6,13H,5H2,1-2H3. The molecule has 0 aliphatic carbocycles. The fourth-order valence-corrected chi connectivity index (χ4v) is 1.71. The summed E-state index contributed by atoms with van der Waals surface area (Å²) >= 11 is 3.20. The SMILES string of the molecule is COc1c(F)cc(Br)cc1C(C)CO. The monoisotopic (exact) mass is 262 g/mol. The third-order valence-electron chi connectivity index (χ3n) is 2.05. The molecule has 1 rings (SSSR count). The smallest absolute Gasteiger partial charge is 0.166 e. The minimum atomic E-state index is -0.419. The van der Waals surface area contributed by atoms with Gasteiger partial charge >= 0.3 is 0 Å². The zero-order valence-electron chi connectivity index (χ0n) is 8.05. The molecule has 0 saturated heterocycles. The minimum absolute atomic E-state index is 0.0355. The summed E-state index contributed by atoms with van der Waals surface area (Å²) in [6, 6.07) is 3.09. The molecule has 0 saturated carbocycles. The molecule has 78 valence electrons. The molecule has 0 bridgehead atoms. The average molecular weight is 263 g/mol. The average Bonchev–Trinajstić information content (AvgIpc) is 2.15. The van der Waals surface area contributed by atoms with Crippen LogP contribution in [0.4, 0.5) is 4.39 Å². The number of aliphatic hydroxyl groups excluding tert-OH is 1. The first kappa shape index (κ1) is 11.5. The van der Waals surface area contributed by atoms with E-state index in [4.69, 9.17) is 9.84 Å². The fourth-order valence-electron chi connectivity index (χ4n) is 1.26. The molecule has 1 unspecified atom stereocenters. The molecular formula is C10H12BrFO2. The van der Waals surface area contributed by atoms with E-state index in [1.54, 1.807) is 6.07 Å². The first-order chi connectivity index (χ1) is 6.60. The number of hydrogen-bond acceptors (Lipinski definition) is 2. The van der Waals surface area contributed by atoms with Crippen molar-refractivity contribution >= 4 is 15.9 Å². The Morgan fingerprint density at radius 3 is 2.71 bits per heavy atom. The van der Waals surface area contributed by atoms with Gasteiger partial charge in [0.15, 0.2) is 11.6 Å². The maximum absolute atomic E-state index is 13.4. The van der Waals surface area contributed by atoms with Crippen molar-refractivity contribution in [3.05, 3.63) is 28.0 Å². The van der Waals surface area contributed by atoms with E-state index in [0.29, 0.717) is 10.0 Å². The van der Waals surface area contributed by atoms with E-state index >= 15 is 0 Å². The van der Waals surface area contributed by atoms with Crippen molar-refractivity contribution in [2.45, 2.75) is 12.8 Å². The van der Waals surface area contributed by atoms with E-state index in [2.05, 4.69) is 15.9 Å². The van der Waals surface area contributed by atoms with Crippen LogP contribution < -0.4 is 4.74 Å². The molecule has 1 aromatic carbocycles. The molecule has 0 aromatic heterocycles. The molecule has 0 heterocycles. The van der Waals surface area contributed by atoms with Gasteiger partial charge in [-0.3, -0.25) is 0 Å². The number of ether oxygens (including phenoxy) is 1. The van der Waals surface area contributed by atoms with Gasteiger partial charge in [-0.05, 0) is 12.1 Å². The van der Waals surface area contributed by atoms with Gasteiger partial charge in [-0.2, -0.15) is 0 Å². The van der Waals surface area contributed by atoms with Crippen LogP contribution in [0.1, 0.15) is 18.4 Å². The molecule has 1 atom stereocenters. The predicted molar refractivity (Wildman–Crippen MR) is 56.2 cm³/mol. The second-order valence-corrected chi connectivity index (χ2v) is 4.01. The lowest BCUT2D eigenvalue weighted by Gasteiger charge is -2.14. The Hall–Kier alpha value is -0.610. The van der Waals surface area contributed by atoms with Gasteiger partial charge in [-0.15, -0.1) is 0 Å². The first-order valence-electron chi connectivity index (χ1n) is 4.24. The maximum atomic E-state index is 13.4. The van der Waals surface area contributed by atoms with Crippen LogP contribution in [0.3, 0.4) is 0 Å². The van der Waals surface area contributed by atoms with Crippen LogP contribution in [0, 0.1) is 5.82 Å². The molecule has 0 aliphatic heterocycles. The third kappa shape index (κ3) is 2.25. The van der Waals surface area contributed by atoms with Crippen LogP contribution in [0.2, 0.25) is 0 Å². The van der Waals surface area contributed by atoms with Crippen LogP contribution in [-0.4, -0.2) is 18.8 Å². The van der Waals surface area contributed by atoms with Crippen LogP contribution in [0.25, 0.3) is 0 Å². The van der Waals surface area contributed by atoms with Crippen LogP contribution >= 0.6 is 15.9 Å². The number of hydrogen-bond donors (Lipinski definition) is 1. The van der Waals surface area contributed by atoms with Gasteiger partial charge in [0.1, 0.15) is 0 Å². The molecule has 0 spiro atoms. The van der Waals surface area contributed by atoms with Gasteiger partial charge in [0.05, 0.1) is 7.11 Å². The van der Waals surface area contributed by atoms with E-state index in [-0.39, 0.29) is 18.3 Å². The summed E-state index contributed by atoms with van der Waals surface area (Å²) in [5.74, 6) is -0.358. The first-order valence-corrected chi connectivity index (χ1v) is 5.03. The fraction of sp³-hybridized carbons (Fsp3) is 0.400. The maximum Gasteiger partial charge on any atom is 0.166 e. The lowest BCUT2D eigenvalue weighted by Crippen LogP contribution is -2.03. The Labute approximate surface area is 90.8 Å². The molecule has 2 nitrogen and oxygen atoms in total. The van der Waals surface area contributed by atoms with Gasteiger partial charge < -0.3 is 9.84 Å². The summed E-state index contributed by atoms with van der Waals surface area (Å²) in [4.78, 5) is 0. The highest BCUT2D eigenvalue weighted by molar-refractivity contribution is 9.10. The summed E-state index contributed by atoms with van der Waals surface area (Å²) in [5, 5.41) is 9.00. The van der Waals surface area contributed by atoms with Gasteiger partial charge in [-0.25, -0.2) is 4.39 Å². The zero-order valence-corrected chi connectivity index (χ0v) is 9.64. The Kier molecular flexibility index (Phi) is 3.89. The van der Waals surface area contributed by atoms with Gasteiger partial charge in [0.25, 0.3) is 0 Å². The second-order valence-electron chi connectivity index (χ2n) is 3.09. The van der Waals surface area contributed by atoms with Crippen molar-refractivity contribution in [3.8, 4) is 5.75 Å². The van der Waals surface area contributed by atoms with Crippen LogP contribution in [0.15, 0.2) is 16.6 Å². The number of rotatable bonds is 3. The quantitative estimate of drug-likeness (QED) is 0.908. The van der Waals surface area contributed by atoms with E-state index < -0.39 is 5.82 Å². The highest BCUT2D eigenvalue weighted by Crippen LogP contribution is 2.32. The Morgan fingerprint density at radius 1 is 1.57 bits per heavy atom. The summed E-state index contributed by atoms with van der Waals surface area (Å²) < 4.78 is 19.0. The number of aliphatic hydroxyl groups is 1. The summed E-state index contributed by atoms with van der Waals surface area (Å²) in [7, 11) is 1.42. The van der Waals surface area contributed by atoms with Gasteiger partial charge in [0, 0.05) is 22.6 Å². The molecule has 0 fully saturated rings. The van der Waals surface area contributed by atoms with Crippen LogP contribution in [0.5, 0.6) is 5.75 Å². The number of halogens is 2. The summed E-state index contributed by atoms with van der Waals surface area (Å²) in [6.07, 6.45) is 0. The number of benzene rings is 1. The van der Waals surface area contributed by atoms with Crippen molar-refractivity contribution in [3.63, 3.8) is 0 Å². The molecule has 0 amide bonds. The normalized spacial score (nSPS) is 12.6. The van der Waals surface area contributed by atoms with Gasteiger partial charge in [-0.1, -0.05) is 22.9 Å². The van der Waals surface area contributed by atoms with E-state index in [0.717, 1.165) is 0 Å². The summed E-state index contributed by atoms with van der Waals surface area (Å²) in [6.45, 7) is 1.77. The zero-order chi connectivity index (χ0) is 10.7. The second kappa shape index (κ2) is 4.75. The van der Waals surface area contributed by atoms with Crippen molar-refractivity contribution < 1.29 is 14.2 Å². The highest BCUT2D eigenvalue weighted by Gasteiger charge is 2.15. The van der Waals surface area contributed by atoms with Crippen molar-refractivity contribution in [1.82, 2.24) is 0 Å². The predicted octanol–water partition coefficient (Wildman–Crippen LogP) is 2.69. The van der Waals surface area contributed by atoms with Crippen molar-refractivity contribution in [1.29, 1.82) is 0 Å². The third-order valence-corrected chi connectivity index (χ3v) is 2.50. The van der Waals surface area contributed by atoms with E-state index in [9.17, 15) is 4.39 Å². The van der Waals surface area contributed by atoms with Crippen molar-refractivity contribution in [2.75, 3.05) is 13.7 Å². The Morgan fingerprint density at radius 2 is 2.21 bits per heavy atom. The number of methoxy groups -OCH3 is 1. The lowest BCUT2D eigenvalue weighted by atomic mass is 10.0. The van der Waals surface area contributed by atoms with Gasteiger partial charge in [0.2, 0.25) is 0 Å². The molecular weight excluding hydrogens is 251 g/mol. The lowest BCUT2D eigenvalue weighted by molar-refractivity contribution is 0.268. The highest BCUT2D eigenvalue weighted by atomic mass is 79.9. The summed E-state index contributed by atoms with van der Waals surface area (Å²) in [5.41, 5.74) is 0.668.